The highest BCUT2D eigenvalue weighted by atomic mass is 16.5. The van der Waals surface area contributed by atoms with Gasteiger partial charge in [0.15, 0.2) is 0 Å². The van der Waals surface area contributed by atoms with Crippen LogP contribution >= 0.6 is 0 Å². The largest absolute Gasteiger partial charge is 0.426 e. The number of amidine groups is 1. The predicted molar refractivity (Wildman–Crippen MR) is 82.5 cm³/mol. The smallest absolute Gasteiger partial charge is 0.296 e. The molecule has 0 amide bonds. The first-order valence-electron chi connectivity index (χ1n) is 6.78. The first-order valence-corrected chi connectivity index (χ1v) is 6.78. The summed E-state index contributed by atoms with van der Waals surface area (Å²) in [5.74, 6) is 1.38. The van der Waals surface area contributed by atoms with Crippen molar-refractivity contribution in [3.05, 3.63) is 30.3 Å². The molecule has 0 unspecified atom stereocenters. The van der Waals surface area contributed by atoms with Crippen molar-refractivity contribution >= 4 is 12.0 Å². The van der Waals surface area contributed by atoms with Crippen molar-refractivity contribution in [1.82, 2.24) is 15.5 Å². The fraction of sp³-hybridized carbons (Fsp3) is 0.429. The van der Waals surface area contributed by atoms with Crippen LogP contribution in [0.15, 0.2) is 40.3 Å². The highest BCUT2D eigenvalue weighted by Gasteiger charge is 2.13. The predicted octanol–water partition coefficient (Wildman–Crippen LogP) is 0.463. The van der Waals surface area contributed by atoms with E-state index < -0.39 is 0 Å². The minimum Gasteiger partial charge on any atom is -0.426 e. The van der Waals surface area contributed by atoms with Crippen molar-refractivity contribution in [3.63, 3.8) is 0 Å². The van der Waals surface area contributed by atoms with Gasteiger partial charge in [0.1, 0.15) is 5.75 Å². The van der Waals surface area contributed by atoms with E-state index in [2.05, 4.69) is 25.5 Å². The average Bonchev–Trinajstić information content (AvgIpc) is 2.54. The van der Waals surface area contributed by atoms with Crippen molar-refractivity contribution in [1.29, 1.82) is 0 Å². The molecule has 2 rings (SSSR count). The van der Waals surface area contributed by atoms with Crippen molar-refractivity contribution in [3.8, 4) is 5.75 Å². The van der Waals surface area contributed by atoms with Crippen LogP contribution in [0.25, 0.3) is 0 Å². The van der Waals surface area contributed by atoms with Gasteiger partial charge in [-0.3, -0.25) is 10.2 Å². The quantitative estimate of drug-likeness (QED) is 0.623. The maximum atomic E-state index is 5.64. The van der Waals surface area contributed by atoms with Gasteiger partial charge in [0, 0.05) is 20.7 Å². The van der Waals surface area contributed by atoms with Crippen LogP contribution in [-0.2, 0) is 4.74 Å². The summed E-state index contributed by atoms with van der Waals surface area (Å²) in [4.78, 5) is 10.6. The number of hydrogen-bond donors (Lipinski definition) is 2. The number of nitrogens with zero attached hydrogens (tertiary/aromatic N) is 3. The highest BCUT2D eigenvalue weighted by Crippen LogP contribution is 2.08. The van der Waals surface area contributed by atoms with E-state index in [1.165, 1.54) is 0 Å². The van der Waals surface area contributed by atoms with E-state index in [4.69, 9.17) is 9.47 Å². The van der Waals surface area contributed by atoms with Gasteiger partial charge < -0.3 is 14.8 Å². The number of benzene rings is 1. The van der Waals surface area contributed by atoms with Crippen LogP contribution in [0.1, 0.15) is 0 Å². The molecular weight excluding hydrogens is 270 g/mol. The second-order valence-corrected chi connectivity index (χ2v) is 4.44. The van der Waals surface area contributed by atoms with Gasteiger partial charge in [-0.25, -0.2) is 9.98 Å². The summed E-state index contributed by atoms with van der Waals surface area (Å²) in [6.07, 6.45) is 0. The Hall–Kier alpha value is -2.12. The Morgan fingerprint density at radius 1 is 1.43 bits per heavy atom. The summed E-state index contributed by atoms with van der Waals surface area (Å²) >= 11 is 0. The molecule has 2 N–H and O–H groups in total. The van der Waals surface area contributed by atoms with Gasteiger partial charge in [-0.1, -0.05) is 18.2 Å². The molecule has 7 nitrogen and oxygen atoms in total. The lowest BCUT2D eigenvalue weighted by Crippen LogP contribution is -2.51. The lowest BCUT2D eigenvalue weighted by atomic mass is 10.3. The molecule has 21 heavy (non-hydrogen) atoms. The van der Waals surface area contributed by atoms with E-state index >= 15 is 0 Å². The van der Waals surface area contributed by atoms with Crippen molar-refractivity contribution in [2.24, 2.45) is 9.98 Å². The Bertz CT molecular complexity index is 489. The standard InChI is InChI=1S/C14H21N5O2/c1-15-14(21-12-6-4-3-5-7-12)18-13-16-10-19(11-17-13)8-9-20-2/h3-7H,8-11H2,1-2H3,(H2,15,16,17,18). The molecule has 1 aromatic carbocycles. The second-order valence-electron chi connectivity index (χ2n) is 4.44. The van der Waals surface area contributed by atoms with Crippen molar-refractivity contribution in [2.45, 2.75) is 0 Å². The zero-order chi connectivity index (χ0) is 14.9. The van der Waals surface area contributed by atoms with Crippen LogP contribution in [0.2, 0.25) is 0 Å². The third-order valence-corrected chi connectivity index (χ3v) is 2.90. The van der Waals surface area contributed by atoms with Crippen LogP contribution in [-0.4, -0.2) is 57.5 Å². The average molecular weight is 291 g/mol. The Kier molecular flexibility index (Phi) is 5.99. The Morgan fingerprint density at radius 2 is 2.24 bits per heavy atom. The zero-order valence-corrected chi connectivity index (χ0v) is 12.4. The minimum absolute atomic E-state index is 0.401. The molecule has 114 valence electrons. The Morgan fingerprint density at radius 3 is 2.86 bits per heavy atom. The molecule has 0 fully saturated rings. The van der Waals surface area contributed by atoms with Gasteiger partial charge in [-0.05, 0) is 12.1 Å². The normalized spacial score (nSPS) is 16.1. The SMILES string of the molecule is CN=C(NC1=NCN(CCOC)CN1)Oc1ccccc1. The molecule has 0 saturated carbocycles. The summed E-state index contributed by atoms with van der Waals surface area (Å²) in [7, 11) is 3.36. The number of aliphatic imine (C=N–C) groups is 2. The number of methoxy groups -OCH3 is 1. The summed E-state index contributed by atoms with van der Waals surface area (Å²) < 4.78 is 10.7. The first-order chi connectivity index (χ1) is 10.3. The van der Waals surface area contributed by atoms with E-state index in [1.807, 2.05) is 30.3 Å². The minimum atomic E-state index is 0.401. The summed E-state index contributed by atoms with van der Waals surface area (Å²) in [6.45, 7) is 2.85. The Labute approximate surface area is 124 Å². The molecule has 1 aliphatic heterocycles. The molecule has 7 heteroatoms. The third kappa shape index (κ3) is 5.05. The van der Waals surface area contributed by atoms with E-state index in [0.29, 0.717) is 31.9 Å². The molecule has 0 aromatic heterocycles. The van der Waals surface area contributed by atoms with Crippen LogP contribution in [0.4, 0.5) is 0 Å². The molecule has 0 bridgehead atoms. The molecular formula is C14H21N5O2. The highest BCUT2D eigenvalue weighted by molar-refractivity contribution is 5.96. The summed E-state index contributed by atoms with van der Waals surface area (Å²) in [6, 6.07) is 9.90. The van der Waals surface area contributed by atoms with E-state index in [-0.39, 0.29) is 0 Å². The van der Waals surface area contributed by atoms with Crippen LogP contribution in [0, 0.1) is 0 Å². The fourth-order valence-electron chi connectivity index (χ4n) is 1.75. The molecule has 0 spiro atoms. The van der Waals surface area contributed by atoms with Gasteiger partial charge in [0.05, 0.1) is 19.9 Å². The van der Waals surface area contributed by atoms with E-state index in [1.54, 1.807) is 14.2 Å². The van der Waals surface area contributed by atoms with Gasteiger partial charge in [0.25, 0.3) is 6.02 Å². The second kappa shape index (κ2) is 8.23. The maximum absolute atomic E-state index is 5.64. The van der Waals surface area contributed by atoms with Gasteiger partial charge >= 0.3 is 0 Å². The monoisotopic (exact) mass is 291 g/mol. The number of hydrogen-bond acceptors (Lipinski definition) is 6. The summed E-state index contributed by atoms with van der Waals surface area (Å²) in [5, 5.41) is 6.22. The topological polar surface area (TPSA) is 70.5 Å². The number of para-hydroxylation sites is 1. The number of rotatable bonds is 4. The maximum Gasteiger partial charge on any atom is 0.296 e. The van der Waals surface area contributed by atoms with Crippen LogP contribution in [0.5, 0.6) is 5.75 Å². The Balaban J connectivity index is 1.84. The fourth-order valence-corrected chi connectivity index (χ4v) is 1.75. The van der Waals surface area contributed by atoms with Crippen molar-refractivity contribution in [2.75, 3.05) is 40.6 Å². The lowest BCUT2D eigenvalue weighted by Gasteiger charge is -2.26. The molecule has 0 atom stereocenters. The van der Waals surface area contributed by atoms with Crippen LogP contribution in [0.3, 0.4) is 0 Å². The number of guanidine groups is 1. The third-order valence-electron chi connectivity index (χ3n) is 2.90. The molecule has 0 radical (unpaired) electrons. The van der Waals surface area contributed by atoms with E-state index in [9.17, 15) is 0 Å². The molecule has 0 aliphatic carbocycles. The number of nitrogens with one attached hydrogen (secondary N) is 2. The van der Waals surface area contributed by atoms with Crippen molar-refractivity contribution < 1.29 is 9.47 Å². The van der Waals surface area contributed by atoms with Gasteiger partial charge in [-0.15, -0.1) is 0 Å². The van der Waals surface area contributed by atoms with E-state index in [0.717, 1.165) is 12.3 Å². The molecule has 1 aromatic rings. The molecule has 0 saturated heterocycles. The molecule has 1 aliphatic rings. The van der Waals surface area contributed by atoms with Crippen LogP contribution < -0.4 is 15.4 Å². The van der Waals surface area contributed by atoms with Gasteiger partial charge in [0.2, 0.25) is 5.96 Å². The van der Waals surface area contributed by atoms with Gasteiger partial charge in [-0.2, -0.15) is 0 Å². The zero-order valence-electron chi connectivity index (χ0n) is 12.4. The molecule has 1 heterocycles. The number of ether oxygens (including phenoxy) is 2. The lowest BCUT2D eigenvalue weighted by molar-refractivity contribution is 0.144. The summed E-state index contributed by atoms with van der Waals surface area (Å²) in [5.41, 5.74) is 0. The first kappa shape index (κ1) is 15.3.